The zero-order valence-corrected chi connectivity index (χ0v) is 21.8. The van der Waals surface area contributed by atoms with Gasteiger partial charge in [0.15, 0.2) is 12.4 Å². The van der Waals surface area contributed by atoms with E-state index < -0.39 is 20.5 Å². The molecule has 206 valence electrons. The summed E-state index contributed by atoms with van der Waals surface area (Å²) < 4.78 is 29.5. The third-order valence-electron chi connectivity index (χ3n) is 6.18. The van der Waals surface area contributed by atoms with Crippen molar-refractivity contribution in [2.24, 2.45) is 0 Å². The third kappa shape index (κ3) is 6.64. The van der Waals surface area contributed by atoms with Gasteiger partial charge in [0.2, 0.25) is 5.89 Å². The summed E-state index contributed by atoms with van der Waals surface area (Å²) >= 11 is 0. The molecule has 1 amide bonds. The number of nitrogens with zero attached hydrogens (tertiary/aromatic N) is 7. The lowest BCUT2D eigenvalue weighted by atomic mass is 9.93. The van der Waals surface area contributed by atoms with Crippen LogP contribution in [0.1, 0.15) is 49.1 Å². The maximum absolute atomic E-state index is 13.1. The molecule has 4 aromatic heterocycles. The van der Waals surface area contributed by atoms with Gasteiger partial charge in [-0.25, -0.2) is 14.2 Å². The van der Waals surface area contributed by atoms with E-state index in [0.717, 1.165) is 30.4 Å². The molecule has 1 saturated carbocycles. The maximum atomic E-state index is 13.1. The van der Waals surface area contributed by atoms with E-state index in [1.54, 1.807) is 24.8 Å². The van der Waals surface area contributed by atoms with Gasteiger partial charge in [0.25, 0.3) is 5.91 Å². The Balaban J connectivity index is 1.32. The number of nitrogens with one attached hydrogen (secondary N) is 1. The van der Waals surface area contributed by atoms with Crippen molar-refractivity contribution in [3.8, 4) is 22.8 Å². The van der Waals surface area contributed by atoms with Gasteiger partial charge >= 0.3 is 7.82 Å². The van der Waals surface area contributed by atoms with E-state index >= 15 is 0 Å². The number of phosphoric acid groups is 1. The van der Waals surface area contributed by atoms with E-state index in [0.29, 0.717) is 29.2 Å². The zero-order chi connectivity index (χ0) is 27.4. The van der Waals surface area contributed by atoms with Crippen LogP contribution in [0, 0.1) is 0 Å². The molecule has 4 heterocycles. The van der Waals surface area contributed by atoms with Gasteiger partial charge in [-0.15, -0.1) is 0 Å². The minimum absolute atomic E-state index is 0.0132. The van der Waals surface area contributed by atoms with E-state index in [9.17, 15) is 9.36 Å². The van der Waals surface area contributed by atoms with Gasteiger partial charge in [-0.1, -0.05) is 0 Å². The highest BCUT2D eigenvalue weighted by molar-refractivity contribution is 7.46. The summed E-state index contributed by atoms with van der Waals surface area (Å²) in [6, 6.07) is 0.160. The second-order valence-electron chi connectivity index (χ2n) is 8.86. The summed E-state index contributed by atoms with van der Waals surface area (Å²) in [5.74, 6) is -0.426. The van der Waals surface area contributed by atoms with Gasteiger partial charge in [-0.05, 0) is 32.6 Å². The van der Waals surface area contributed by atoms with Gasteiger partial charge in [-0.3, -0.25) is 24.0 Å². The van der Waals surface area contributed by atoms with Gasteiger partial charge < -0.3 is 24.3 Å². The third-order valence-corrected chi connectivity index (χ3v) is 6.63. The van der Waals surface area contributed by atoms with Gasteiger partial charge in [0, 0.05) is 31.4 Å². The number of ether oxygens (including phenoxy) is 1. The molecule has 0 bridgehead atoms. The lowest BCUT2D eigenvalue weighted by Gasteiger charge is -2.28. The molecule has 0 radical (unpaired) electrons. The van der Waals surface area contributed by atoms with Crippen LogP contribution in [0.5, 0.6) is 0 Å². The smallest absolute Gasteiger partial charge is 0.444 e. The molecule has 1 fully saturated rings. The van der Waals surface area contributed by atoms with Crippen molar-refractivity contribution in [2.45, 2.75) is 51.5 Å². The topological polar surface area (TPSA) is 193 Å². The van der Waals surface area contributed by atoms with Crippen molar-refractivity contribution in [1.82, 2.24) is 34.5 Å². The maximum Gasteiger partial charge on any atom is 0.471 e. The number of carbonyl (C=O) groups is 1. The molecule has 0 unspecified atom stereocenters. The second-order valence-corrected chi connectivity index (χ2v) is 10.1. The highest BCUT2D eigenvalue weighted by Crippen LogP contribution is 2.36. The van der Waals surface area contributed by atoms with Crippen molar-refractivity contribution in [1.29, 1.82) is 0 Å². The predicted octanol–water partition coefficient (Wildman–Crippen LogP) is 3.03. The molecule has 0 aromatic carbocycles. The number of carbonyl (C=O) groups excluding carboxylic acids is 1. The summed E-state index contributed by atoms with van der Waals surface area (Å²) in [6.45, 7) is 2.22. The predicted molar refractivity (Wildman–Crippen MR) is 135 cm³/mol. The van der Waals surface area contributed by atoms with Crippen molar-refractivity contribution in [3.05, 3.63) is 49.1 Å². The Morgan fingerprint density at radius 3 is 2.74 bits per heavy atom. The average Bonchev–Trinajstić information content (AvgIpc) is 3.68. The molecule has 15 nitrogen and oxygen atoms in total. The first-order chi connectivity index (χ1) is 18.8. The van der Waals surface area contributed by atoms with Crippen LogP contribution in [-0.2, 0) is 20.6 Å². The molecule has 0 atom stereocenters. The molecule has 0 saturated heterocycles. The molecular formula is C23H27N8O7P. The first-order valence-corrected chi connectivity index (χ1v) is 13.8. The molecule has 0 aliphatic heterocycles. The van der Waals surface area contributed by atoms with Crippen LogP contribution >= 0.6 is 7.82 Å². The Hall–Kier alpha value is -3.75. The van der Waals surface area contributed by atoms with Crippen LogP contribution in [0.3, 0.4) is 0 Å². The van der Waals surface area contributed by atoms with Gasteiger partial charge in [0.1, 0.15) is 17.7 Å². The van der Waals surface area contributed by atoms with Crippen LogP contribution < -0.4 is 5.32 Å². The van der Waals surface area contributed by atoms with Crippen LogP contribution in [0.2, 0.25) is 0 Å². The number of amides is 1. The molecule has 1 aliphatic rings. The molecule has 16 heteroatoms. The van der Waals surface area contributed by atoms with Gasteiger partial charge in [-0.2, -0.15) is 10.2 Å². The van der Waals surface area contributed by atoms with Crippen molar-refractivity contribution < 1.29 is 32.8 Å². The fourth-order valence-electron chi connectivity index (χ4n) is 4.37. The fraction of sp³-hybridized carbons (Fsp3) is 0.391. The van der Waals surface area contributed by atoms with E-state index in [-0.39, 0.29) is 23.7 Å². The Morgan fingerprint density at radius 2 is 2.03 bits per heavy atom. The largest absolute Gasteiger partial charge is 0.471 e. The van der Waals surface area contributed by atoms with E-state index in [1.807, 2.05) is 11.6 Å². The highest BCUT2D eigenvalue weighted by Gasteiger charge is 2.26. The Morgan fingerprint density at radius 1 is 1.21 bits per heavy atom. The van der Waals surface area contributed by atoms with Crippen molar-refractivity contribution in [3.63, 3.8) is 0 Å². The second kappa shape index (κ2) is 11.6. The highest BCUT2D eigenvalue weighted by atomic mass is 31.2. The van der Waals surface area contributed by atoms with Crippen LogP contribution in [0.4, 0.5) is 5.69 Å². The number of hydrogen-bond acceptors (Lipinski definition) is 10. The summed E-state index contributed by atoms with van der Waals surface area (Å²) in [6.07, 6.45) is 14.4. The number of anilines is 1. The Kier molecular flexibility index (Phi) is 7.95. The minimum atomic E-state index is -4.65. The molecule has 3 N–H and O–H groups in total. The summed E-state index contributed by atoms with van der Waals surface area (Å²) in [5.41, 5.74) is 1.86. The quantitative estimate of drug-likeness (QED) is 0.241. The minimum Gasteiger partial charge on any atom is -0.444 e. The average molecular weight is 558 g/mol. The standard InChI is InChI=1S/C23H27N8O7P/c1-2-36-17-5-3-16(4-6-17)31-12-19(21(29-31)18-10-24-7-8-25-18)27-22(32)20-13-37-23(28-20)15-9-26-30(11-15)14-38-39(33,34)35/h7-13,16-17H,2-6,14H2,1H3,(H,27,32)(H2,33,34,35)/t16-,17-. The molecule has 0 spiro atoms. The molecule has 39 heavy (non-hydrogen) atoms. The number of rotatable bonds is 10. The monoisotopic (exact) mass is 558 g/mol. The van der Waals surface area contributed by atoms with Crippen molar-refractivity contribution in [2.75, 3.05) is 11.9 Å². The number of hydrogen-bond donors (Lipinski definition) is 3. The normalized spacial score (nSPS) is 17.8. The lowest BCUT2D eigenvalue weighted by Crippen LogP contribution is -2.24. The molecular weight excluding hydrogens is 531 g/mol. The van der Waals surface area contributed by atoms with Gasteiger partial charge in [0.05, 0.1) is 35.8 Å². The van der Waals surface area contributed by atoms with Crippen LogP contribution in [-0.4, -0.2) is 62.9 Å². The molecule has 4 aromatic rings. The Labute approximate surface area is 222 Å². The number of oxazole rings is 1. The fourth-order valence-corrected chi connectivity index (χ4v) is 4.64. The Bertz CT molecular complexity index is 1460. The first kappa shape index (κ1) is 26.8. The van der Waals surface area contributed by atoms with Crippen LogP contribution in [0.25, 0.3) is 22.8 Å². The number of aromatic nitrogens is 7. The first-order valence-electron chi connectivity index (χ1n) is 12.3. The molecule has 5 rings (SSSR count). The van der Waals surface area contributed by atoms with Crippen molar-refractivity contribution >= 4 is 19.4 Å². The zero-order valence-electron chi connectivity index (χ0n) is 21.0. The molecule has 1 aliphatic carbocycles. The summed E-state index contributed by atoms with van der Waals surface area (Å²) in [5, 5.41) is 11.5. The SMILES string of the molecule is CCO[C@H]1CC[C@H](n2cc(NC(=O)c3coc(-c4cnn(COP(=O)(O)O)c4)n3)c(-c3cnccn3)n2)CC1. The van der Waals surface area contributed by atoms with E-state index in [4.69, 9.17) is 24.0 Å². The summed E-state index contributed by atoms with van der Waals surface area (Å²) in [7, 11) is -4.65. The van der Waals surface area contributed by atoms with Crippen LogP contribution in [0.15, 0.2) is 47.9 Å². The lowest BCUT2D eigenvalue weighted by molar-refractivity contribution is 0.0260. The van der Waals surface area contributed by atoms with E-state index in [2.05, 4.69) is 29.9 Å². The van der Waals surface area contributed by atoms with E-state index in [1.165, 1.54) is 18.7 Å². The number of phosphoric ester groups is 1. The summed E-state index contributed by atoms with van der Waals surface area (Å²) in [4.78, 5) is 43.5.